The maximum Gasteiger partial charge on any atom is 0.126 e. The van der Waals surface area contributed by atoms with Crippen LogP contribution in [0.15, 0.2) is 66.7 Å². The van der Waals surface area contributed by atoms with Gasteiger partial charge in [0.2, 0.25) is 0 Å². The highest BCUT2D eigenvalue weighted by Crippen LogP contribution is 2.53. The van der Waals surface area contributed by atoms with E-state index in [1.807, 2.05) is 0 Å². The second-order valence-electron chi connectivity index (χ2n) is 13.6. The van der Waals surface area contributed by atoms with Crippen molar-refractivity contribution in [2.75, 3.05) is 37.9 Å². The van der Waals surface area contributed by atoms with Gasteiger partial charge in [0.25, 0.3) is 0 Å². The Balaban J connectivity index is 1.62. The van der Waals surface area contributed by atoms with E-state index in [1.165, 1.54) is 50.1 Å². The van der Waals surface area contributed by atoms with Crippen LogP contribution in [0.3, 0.4) is 0 Å². The van der Waals surface area contributed by atoms with Crippen LogP contribution in [0, 0.1) is 0 Å². The topological polar surface area (TPSA) is 36.9 Å². The van der Waals surface area contributed by atoms with Gasteiger partial charge < -0.3 is 18.9 Å². The van der Waals surface area contributed by atoms with Crippen LogP contribution in [0.5, 0.6) is 23.0 Å². The van der Waals surface area contributed by atoms with E-state index in [-0.39, 0.29) is 4.08 Å². The third kappa shape index (κ3) is 8.29. The van der Waals surface area contributed by atoms with Crippen LogP contribution in [-0.2, 0) is 29.8 Å². The molecule has 4 aromatic rings. The van der Waals surface area contributed by atoms with Gasteiger partial charge in [-0.2, -0.15) is 0 Å². The molecule has 0 saturated carbocycles. The quantitative estimate of drug-likeness (QED) is 0.121. The Hall–Kier alpha value is -3.22. The Morgan fingerprint density at radius 3 is 1.04 bits per heavy atom. The van der Waals surface area contributed by atoms with Gasteiger partial charge in [-0.05, 0) is 94.8 Å². The van der Waals surface area contributed by atoms with E-state index >= 15 is 0 Å². The standard InChI is InChI=1S/C44H54O4S2/c1-6-19-45-40-31-13-10-14-32(40)26-34-16-12-18-36(42(34)47-21-8-3)28-38-30-39(44(5)49-23-24-50-44)29-37(43(38)48-22-9-4)27-35-17-11-15-33(25-31)41(35)46-20-7-2/h10-18,29-30H,6-9,19-28H2,1-5H3. The van der Waals surface area contributed by atoms with Gasteiger partial charge in [-0.1, -0.05) is 82.3 Å². The smallest absolute Gasteiger partial charge is 0.126 e. The van der Waals surface area contributed by atoms with Crippen molar-refractivity contribution in [1.29, 1.82) is 0 Å². The lowest BCUT2D eigenvalue weighted by Gasteiger charge is -2.27. The highest BCUT2D eigenvalue weighted by atomic mass is 32.2. The van der Waals surface area contributed by atoms with Crippen molar-refractivity contribution in [2.45, 2.75) is 90.1 Å². The minimum atomic E-state index is -0.00197. The molecule has 1 aliphatic heterocycles. The summed E-state index contributed by atoms with van der Waals surface area (Å²) >= 11 is 4.12. The molecule has 266 valence electrons. The van der Waals surface area contributed by atoms with E-state index in [9.17, 15) is 0 Å². The highest BCUT2D eigenvalue weighted by molar-refractivity contribution is 8.20. The predicted octanol–water partition coefficient (Wildman–Crippen LogP) is 11.2. The lowest BCUT2D eigenvalue weighted by molar-refractivity contribution is 0.304. The van der Waals surface area contributed by atoms with E-state index in [0.29, 0.717) is 26.4 Å². The largest absolute Gasteiger partial charge is 0.493 e. The maximum atomic E-state index is 6.77. The molecule has 2 aliphatic rings. The van der Waals surface area contributed by atoms with Crippen molar-refractivity contribution in [3.05, 3.63) is 117 Å². The fourth-order valence-electron chi connectivity index (χ4n) is 7.09. The molecular formula is C44H54O4S2. The summed E-state index contributed by atoms with van der Waals surface area (Å²) < 4.78 is 26.7. The number of hydrogen-bond acceptors (Lipinski definition) is 6. The molecule has 0 amide bonds. The van der Waals surface area contributed by atoms with Crippen molar-refractivity contribution in [3.63, 3.8) is 0 Å². The average Bonchev–Trinajstić information content (AvgIpc) is 3.57. The second-order valence-corrected chi connectivity index (χ2v) is 16.9. The Labute approximate surface area is 309 Å². The summed E-state index contributed by atoms with van der Waals surface area (Å²) in [5, 5.41) is 0. The van der Waals surface area contributed by atoms with Gasteiger partial charge in [0.1, 0.15) is 23.0 Å². The molecule has 0 unspecified atom stereocenters. The van der Waals surface area contributed by atoms with Gasteiger partial charge in [0.15, 0.2) is 0 Å². The van der Waals surface area contributed by atoms with Crippen LogP contribution in [-0.4, -0.2) is 37.9 Å². The first-order chi connectivity index (χ1) is 24.5. The fourth-order valence-corrected chi connectivity index (χ4v) is 9.94. The summed E-state index contributed by atoms with van der Waals surface area (Å²) in [6.07, 6.45) is 6.73. The van der Waals surface area contributed by atoms with E-state index in [2.05, 4.69) is 125 Å². The lowest BCUT2D eigenvalue weighted by Crippen LogP contribution is -2.14. The van der Waals surface area contributed by atoms with E-state index in [0.717, 1.165) is 85.9 Å². The Bertz CT molecular complexity index is 1640. The molecule has 6 heteroatoms. The number of para-hydroxylation sites is 3. The minimum Gasteiger partial charge on any atom is -0.493 e. The van der Waals surface area contributed by atoms with E-state index in [4.69, 9.17) is 18.9 Å². The zero-order valence-corrected chi connectivity index (χ0v) is 32.3. The van der Waals surface area contributed by atoms with Crippen LogP contribution in [0.1, 0.15) is 110 Å². The molecule has 0 atom stereocenters. The molecule has 50 heavy (non-hydrogen) atoms. The minimum absolute atomic E-state index is 0.00197. The zero-order chi connectivity index (χ0) is 34.9. The Kier molecular flexibility index (Phi) is 12.7. The maximum absolute atomic E-state index is 6.77. The third-order valence-electron chi connectivity index (χ3n) is 9.47. The first-order valence-corrected chi connectivity index (χ1v) is 20.7. The molecule has 4 nitrogen and oxygen atoms in total. The summed E-state index contributed by atoms with van der Waals surface area (Å²) in [6.45, 7) is 13.8. The summed E-state index contributed by atoms with van der Waals surface area (Å²) in [7, 11) is 0. The lowest BCUT2D eigenvalue weighted by atomic mass is 9.90. The first kappa shape index (κ1) is 36.6. The normalized spacial score (nSPS) is 15.1. The monoisotopic (exact) mass is 710 g/mol. The molecule has 1 heterocycles. The van der Waals surface area contributed by atoms with E-state index < -0.39 is 0 Å². The second kappa shape index (κ2) is 17.3. The molecule has 1 fully saturated rings. The van der Waals surface area contributed by atoms with Gasteiger partial charge >= 0.3 is 0 Å². The number of thioether (sulfide) groups is 2. The number of fused-ring (bicyclic) bond motifs is 8. The molecule has 1 saturated heterocycles. The van der Waals surface area contributed by atoms with Crippen LogP contribution in [0.4, 0.5) is 0 Å². The Morgan fingerprint density at radius 2 is 0.740 bits per heavy atom. The molecule has 4 aromatic carbocycles. The Morgan fingerprint density at radius 1 is 0.460 bits per heavy atom. The van der Waals surface area contributed by atoms with Gasteiger partial charge in [0, 0.05) is 37.2 Å². The van der Waals surface area contributed by atoms with Gasteiger partial charge in [-0.15, -0.1) is 23.5 Å². The molecule has 0 spiro atoms. The van der Waals surface area contributed by atoms with Crippen molar-refractivity contribution in [1.82, 2.24) is 0 Å². The molecule has 0 aromatic heterocycles. The highest BCUT2D eigenvalue weighted by Gasteiger charge is 2.34. The molecule has 0 radical (unpaired) electrons. The zero-order valence-electron chi connectivity index (χ0n) is 30.7. The van der Waals surface area contributed by atoms with Crippen molar-refractivity contribution in [2.24, 2.45) is 0 Å². The SMILES string of the molecule is CCCOc1c2cccc1Cc1cccc(c1OCCC)Cc1cc(C3(C)SCCS3)cc(c1OCCC)Cc1cccc(c1OCCC)C2. The summed E-state index contributed by atoms with van der Waals surface area (Å²) in [6, 6.07) is 24.9. The number of benzene rings is 4. The number of rotatable bonds is 13. The van der Waals surface area contributed by atoms with Crippen molar-refractivity contribution in [3.8, 4) is 23.0 Å². The van der Waals surface area contributed by atoms with Crippen LogP contribution < -0.4 is 18.9 Å². The van der Waals surface area contributed by atoms with Crippen LogP contribution in [0.2, 0.25) is 0 Å². The predicted molar refractivity (Wildman–Crippen MR) is 212 cm³/mol. The molecule has 1 aliphatic carbocycles. The van der Waals surface area contributed by atoms with Gasteiger partial charge in [0.05, 0.1) is 30.5 Å². The number of hydrogen-bond donors (Lipinski definition) is 0. The first-order valence-electron chi connectivity index (χ1n) is 18.8. The van der Waals surface area contributed by atoms with Crippen LogP contribution in [0.25, 0.3) is 0 Å². The van der Waals surface area contributed by atoms with Gasteiger partial charge in [-0.25, -0.2) is 0 Å². The van der Waals surface area contributed by atoms with Crippen molar-refractivity contribution >= 4 is 23.5 Å². The molecule has 8 bridgehead atoms. The van der Waals surface area contributed by atoms with Crippen LogP contribution >= 0.6 is 23.5 Å². The summed E-state index contributed by atoms with van der Waals surface area (Å²) in [5.74, 6) is 6.33. The van der Waals surface area contributed by atoms with Gasteiger partial charge in [-0.3, -0.25) is 0 Å². The fraction of sp³-hybridized carbons (Fsp3) is 0.455. The summed E-state index contributed by atoms with van der Waals surface area (Å²) in [4.78, 5) is 0. The van der Waals surface area contributed by atoms with E-state index in [1.54, 1.807) is 0 Å². The number of ether oxygens (including phenoxy) is 4. The molecular weight excluding hydrogens is 657 g/mol. The molecule has 6 rings (SSSR count). The van der Waals surface area contributed by atoms with Crippen molar-refractivity contribution < 1.29 is 18.9 Å². The summed E-state index contributed by atoms with van der Waals surface area (Å²) in [5.41, 5.74) is 11.0. The third-order valence-corrected chi connectivity index (χ3v) is 12.8. The molecule has 0 N–H and O–H groups in total. The average molecular weight is 711 g/mol.